The predicted octanol–water partition coefficient (Wildman–Crippen LogP) is 3.42. The van der Waals surface area contributed by atoms with Crippen molar-refractivity contribution in [2.24, 2.45) is 0 Å². The zero-order valence-corrected chi connectivity index (χ0v) is 14.9. The molecule has 0 aliphatic rings. The van der Waals surface area contributed by atoms with Gasteiger partial charge in [-0.05, 0) is 50.5 Å². The highest BCUT2D eigenvalue weighted by Gasteiger charge is 2.17. The van der Waals surface area contributed by atoms with E-state index in [2.05, 4.69) is 25.3 Å². The minimum atomic E-state index is 0.308. The number of phenols is 1. The number of phenolic OH excluding ortho intramolecular Hbond substituents is 1. The molecule has 0 fully saturated rings. The Morgan fingerprint density at radius 1 is 1.08 bits per heavy atom. The third-order valence-electron chi connectivity index (χ3n) is 4.43. The molecular weight excluding hydrogens is 330 g/mol. The first-order valence-electron chi connectivity index (χ1n) is 8.45. The second-order valence-corrected chi connectivity index (χ2v) is 6.50. The van der Waals surface area contributed by atoms with Gasteiger partial charge in [0.1, 0.15) is 5.75 Å². The number of rotatable bonds is 4. The van der Waals surface area contributed by atoms with Crippen molar-refractivity contribution in [3.8, 4) is 17.2 Å². The van der Waals surface area contributed by atoms with Crippen LogP contribution < -0.4 is 0 Å². The molecule has 0 amide bonds. The number of hydrogen-bond donors (Lipinski definition) is 2. The maximum absolute atomic E-state index is 9.62. The van der Waals surface area contributed by atoms with Crippen LogP contribution >= 0.6 is 0 Å². The number of aromatic nitrogens is 5. The van der Waals surface area contributed by atoms with Crippen molar-refractivity contribution >= 4 is 11.0 Å². The first-order chi connectivity index (χ1) is 12.5. The SMILES string of the molecule is Cc1cc(-c2nc(CCc3ccc(O)c(C)c3)no2)c2c(C)[nH]nc2n1. The summed E-state index contributed by atoms with van der Waals surface area (Å²) in [6.45, 7) is 5.74. The van der Waals surface area contributed by atoms with Gasteiger partial charge >= 0.3 is 0 Å². The topological polar surface area (TPSA) is 101 Å². The van der Waals surface area contributed by atoms with Crippen LogP contribution in [0.2, 0.25) is 0 Å². The van der Waals surface area contributed by atoms with Crippen LogP contribution in [0.25, 0.3) is 22.5 Å². The maximum atomic E-state index is 9.62. The zero-order chi connectivity index (χ0) is 18.3. The highest BCUT2D eigenvalue weighted by atomic mass is 16.5. The van der Waals surface area contributed by atoms with Crippen LogP contribution in [0.15, 0.2) is 28.8 Å². The van der Waals surface area contributed by atoms with Crippen molar-refractivity contribution in [3.05, 3.63) is 52.6 Å². The molecule has 7 heteroatoms. The minimum absolute atomic E-state index is 0.308. The number of benzene rings is 1. The molecule has 4 rings (SSSR count). The lowest BCUT2D eigenvalue weighted by Gasteiger charge is -2.02. The van der Waals surface area contributed by atoms with Gasteiger partial charge in [-0.15, -0.1) is 0 Å². The van der Waals surface area contributed by atoms with E-state index in [1.54, 1.807) is 6.07 Å². The Labute approximate surface area is 150 Å². The predicted molar refractivity (Wildman–Crippen MR) is 96.9 cm³/mol. The van der Waals surface area contributed by atoms with Crippen LogP contribution in [-0.2, 0) is 12.8 Å². The van der Waals surface area contributed by atoms with E-state index < -0.39 is 0 Å². The van der Waals surface area contributed by atoms with E-state index in [0.29, 0.717) is 29.5 Å². The molecule has 0 saturated carbocycles. The summed E-state index contributed by atoms with van der Waals surface area (Å²) in [7, 11) is 0. The molecule has 4 aromatic rings. The number of hydrogen-bond acceptors (Lipinski definition) is 6. The van der Waals surface area contributed by atoms with Gasteiger partial charge in [0.05, 0.1) is 10.9 Å². The normalized spacial score (nSPS) is 11.3. The minimum Gasteiger partial charge on any atom is -0.508 e. The van der Waals surface area contributed by atoms with E-state index in [1.807, 2.05) is 39.0 Å². The van der Waals surface area contributed by atoms with E-state index in [1.165, 1.54) is 0 Å². The van der Waals surface area contributed by atoms with Gasteiger partial charge in [-0.2, -0.15) is 10.1 Å². The van der Waals surface area contributed by atoms with Gasteiger partial charge in [-0.1, -0.05) is 17.3 Å². The van der Waals surface area contributed by atoms with Gasteiger partial charge in [0.15, 0.2) is 11.5 Å². The lowest BCUT2D eigenvalue weighted by Crippen LogP contribution is -1.94. The first-order valence-corrected chi connectivity index (χ1v) is 8.45. The number of H-pyrrole nitrogens is 1. The molecular formula is C19H19N5O2. The van der Waals surface area contributed by atoms with Crippen molar-refractivity contribution < 1.29 is 9.63 Å². The summed E-state index contributed by atoms with van der Waals surface area (Å²) in [5.41, 5.74) is 5.25. The van der Waals surface area contributed by atoms with Gasteiger partial charge in [-0.3, -0.25) is 5.10 Å². The fourth-order valence-corrected chi connectivity index (χ4v) is 3.06. The number of aryl methyl sites for hydroxylation is 5. The van der Waals surface area contributed by atoms with Gasteiger partial charge in [0, 0.05) is 17.8 Å². The molecule has 132 valence electrons. The van der Waals surface area contributed by atoms with Gasteiger partial charge in [0.25, 0.3) is 5.89 Å². The lowest BCUT2D eigenvalue weighted by molar-refractivity contribution is 0.422. The molecule has 0 spiro atoms. The average molecular weight is 349 g/mol. The molecule has 0 radical (unpaired) electrons. The Morgan fingerprint density at radius 2 is 1.92 bits per heavy atom. The standard InChI is InChI=1S/C19H19N5O2/c1-10-8-13(4-6-15(10)25)5-7-16-21-19(26-24-16)14-9-11(2)20-18-17(14)12(3)22-23-18/h4,6,8-9,25H,5,7H2,1-3H3,(H,20,22,23). The summed E-state index contributed by atoms with van der Waals surface area (Å²) < 4.78 is 5.50. The maximum Gasteiger partial charge on any atom is 0.258 e. The summed E-state index contributed by atoms with van der Waals surface area (Å²) in [6, 6.07) is 7.53. The van der Waals surface area contributed by atoms with Crippen molar-refractivity contribution in [3.63, 3.8) is 0 Å². The summed E-state index contributed by atoms with van der Waals surface area (Å²) in [5.74, 6) is 1.43. The van der Waals surface area contributed by atoms with Crippen LogP contribution in [0.4, 0.5) is 0 Å². The van der Waals surface area contributed by atoms with Crippen LogP contribution in [-0.4, -0.2) is 30.4 Å². The molecule has 0 aliphatic heterocycles. The molecule has 0 bridgehead atoms. The Balaban J connectivity index is 1.60. The fourth-order valence-electron chi connectivity index (χ4n) is 3.06. The largest absolute Gasteiger partial charge is 0.508 e. The van der Waals surface area contributed by atoms with Gasteiger partial charge in [0.2, 0.25) is 0 Å². The molecule has 0 atom stereocenters. The van der Waals surface area contributed by atoms with E-state index >= 15 is 0 Å². The second-order valence-electron chi connectivity index (χ2n) is 6.50. The molecule has 3 aromatic heterocycles. The van der Waals surface area contributed by atoms with Crippen molar-refractivity contribution in [2.75, 3.05) is 0 Å². The molecule has 1 aromatic carbocycles. The van der Waals surface area contributed by atoms with Crippen molar-refractivity contribution in [1.82, 2.24) is 25.3 Å². The van der Waals surface area contributed by atoms with Crippen molar-refractivity contribution in [1.29, 1.82) is 0 Å². The van der Waals surface area contributed by atoms with Crippen LogP contribution in [0.5, 0.6) is 5.75 Å². The molecule has 0 saturated heterocycles. The Kier molecular flexibility index (Phi) is 3.91. The molecule has 0 unspecified atom stereocenters. The van der Waals surface area contributed by atoms with E-state index in [-0.39, 0.29) is 0 Å². The molecule has 0 aliphatic carbocycles. The van der Waals surface area contributed by atoms with Gasteiger partial charge in [-0.25, -0.2) is 4.98 Å². The first kappa shape index (κ1) is 16.3. The summed E-state index contributed by atoms with van der Waals surface area (Å²) >= 11 is 0. The highest BCUT2D eigenvalue weighted by Crippen LogP contribution is 2.28. The van der Waals surface area contributed by atoms with E-state index in [0.717, 1.165) is 39.9 Å². The summed E-state index contributed by atoms with van der Waals surface area (Å²) in [5, 5.41) is 21.8. The monoisotopic (exact) mass is 349 g/mol. The van der Waals surface area contributed by atoms with E-state index in [4.69, 9.17) is 4.52 Å². The third kappa shape index (κ3) is 2.92. The third-order valence-corrected chi connectivity index (χ3v) is 4.43. The lowest BCUT2D eigenvalue weighted by atomic mass is 10.1. The number of fused-ring (bicyclic) bond motifs is 1. The number of nitrogens with zero attached hydrogens (tertiary/aromatic N) is 4. The van der Waals surface area contributed by atoms with E-state index in [9.17, 15) is 5.11 Å². The molecule has 3 heterocycles. The number of nitrogens with one attached hydrogen (secondary N) is 1. The van der Waals surface area contributed by atoms with Crippen molar-refractivity contribution in [2.45, 2.75) is 33.6 Å². The molecule has 26 heavy (non-hydrogen) atoms. The summed E-state index contributed by atoms with van der Waals surface area (Å²) in [4.78, 5) is 8.98. The second kappa shape index (κ2) is 6.25. The number of aromatic hydroxyl groups is 1. The quantitative estimate of drug-likeness (QED) is 0.585. The molecule has 7 nitrogen and oxygen atoms in total. The Bertz CT molecular complexity index is 1100. The zero-order valence-electron chi connectivity index (χ0n) is 14.9. The average Bonchev–Trinajstić information content (AvgIpc) is 3.22. The Morgan fingerprint density at radius 3 is 2.73 bits per heavy atom. The van der Waals surface area contributed by atoms with Crippen LogP contribution in [0.1, 0.15) is 28.3 Å². The molecule has 2 N–H and O–H groups in total. The number of aromatic amines is 1. The fraction of sp³-hybridized carbons (Fsp3) is 0.263. The smallest absolute Gasteiger partial charge is 0.258 e. The Hall–Kier alpha value is -3.22. The van der Waals surface area contributed by atoms with Gasteiger partial charge < -0.3 is 9.63 Å². The van der Waals surface area contributed by atoms with Crippen LogP contribution in [0, 0.1) is 20.8 Å². The summed E-state index contributed by atoms with van der Waals surface area (Å²) in [6.07, 6.45) is 1.43. The highest BCUT2D eigenvalue weighted by molar-refractivity contribution is 5.92. The van der Waals surface area contributed by atoms with Crippen LogP contribution in [0.3, 0.4) is 0 Å². The number of pyridine rings is 1.